The summed E-state index contributed by atoms with van der Waals surface area (Å²) in [4.78, 5) is 27.5. The lowest BCUT2D eigenvalue weighted by Gasteiger charge is -2.06. The topological polar surface area (TPSA) is 61.2 Å². The molecule has 0 saturated carbocycles. The van der Waals surface area contributed by atoms with Crippen molar-refractivity contribution in [2.45, 2.75) is 19.4 Å². The first-order chi connectivity index (χ1) is 10.2. The zero-order chi connectivity index (χ0) is 15.1. The van der Waals surface area contributed by atoms with Gasteiger partial charge in [0, 0.05) is 18.8 Å². The zero-order valence-corrected chi connectivity index (χ0v) is 11.6. The highest BCUT2D eigenvalue weighted by molar-refractivity contribution is 5.87. The van der Waals surface area contributed by atoms with Gasteiger partial charge in [-0.1, -0.05) is 36.9 Å². The first kappa shape index (κ1) is 14.7. The van der Waals surface area contributed by atoms with Crippen LogP contribution in [0.15, 0.2) is 55.6 Å². The van der Waals surface area contributed by atoms with Gasteiger partial charge < -0.3 is 9.30 Å². The van der Waals surface area contributed by atoms with E-state index in [9.17, 15) is 9.59 Å². The molecule has 0 spiro atoms. The van der Waals surface area contributed by atoms with E-state index >= 15 is 0 Å². The minimum absolute atomic E-state index is 0.0320. The first-order valence-electron chi connectivity index (χ1n) is 6.59. The summed E-state index contributed by atoms with van der Waals surface area (Å²) in [6.45, 7) is 3.42. The molecule has 5 nitrogen and oxygen atoms in total. The maximum atomic E-state index is 12.0. The lowest BCUT2D eigenvalue weighted by molar-refractivity contribution is -0.119. The highest BCUT2D eigenvalue weighted by Gasteiger charge is 2.15. The number of nitrogens with zero attached hydrogens (tertiary/aromatic N) is 2. The number of rotatable bonds is 7. The van der Waals surface area contributed by atoms with E-state index in [4.69, 9.17) is 0 Å². The highest BCUT2D eigenvalue weighted by atomic mass is 16.5. The van der Waals surface area contributed by atoms with E-state index in [1.807, 2.05) is 30.3 Å². The quantitative estimate of drug-likeness (QED) is 0.578. The van der Waals surface area contributed by atoms with Gasteiger partial charge in [-0.05, 0) is 12.0 Å². The van der Waals surface area contributed by atoms with Crippen molar-refractivity contribution < 1.29 is 14.3 Å². The Morgan fingerprint density at radius 3 is 2.76 bits per heavy atom. The molecule has 0 N–H and O–H groups in total. The van der Waals surface area contributed by atoms with Gasteiger partial charge in [0.05, 0.1) is 12.8 Å². The van der Waals surface area contributed by atoms with Crippen LogP contribution < -0.4 is 0 Å². The summed E-state index contributed by atoms with van der Waals surface area (Å²) >= 11 is 0. The summed E-state index contributed by atoms with van der Waals surface area (Å²) in [5, 5.41) is 0. The number of carbonyl (C=O) groups excluding carboxylic acids is 2. The van der Waals surface area contributed by atoms with Crippen LogP contribution in [-0.4, -0.2) is 21.3 Å². The van der Waals surface area contributed by atoms with Crippen molar-refractivity contribution in [3.63, 3.8) is 0 Å². The number of imidazole rings is 1. The smallest absolute Gasteiger partial charge is 0.379 e. The number of benzene rings is 1. The van der Waals surface area contributed by atoms with Crippen molar-refractivity contribution >= 4 is 11.8 Å². The fourth-order valence-corrected chi connectivity index (χ4v) is 1.95. The van der Waals surface area contributed by atoms with Gasteiger partial charge in [0.1, 0.15) is 0 Å². The predicted molar refractivity (Wildman–Crippen MR) is 77.6 cm³/mol. The van der Waals surface area contributed by atoms with Crippen LogP contribution in [-0.2, 0) is 22.5 Å². The molecule has 0 unspecified atom stereocenters. The number of ketones is 1. The molecule has 0 aliphatic rings. The van der Waals surface area contributed by atoms with E-state index in [1.165, 1.54) is 10.8 Å². The Morgan fingerprint density at radius 2 is 2.05 bits per heavy atom. The van der Waals surface area contributed by atoms with Gasteiger partial charge in [0.2, 0.25) is 5.82 Å². The first-order valence-corrected chi connectivity index (χ1v) is 6.59. The Kier molecular flexibility index (Phi) is 5.04. The summed E-state index contributed by atoms with van der Waals surface area (Å²) in [7, 11) is 0. The van der Waals surface area contributed by atoms with Gasteiger partial charge in [-0.15, -0.1) is 0 Å². The van der Waals surface area contributed by atoms with Crippen LogP contribution in [0.25, 0.3) is 0 Å². The molecule has 1 aromatic carbocycles. The van der Waals surface area contributed by atoms with Crippen LogP contribution in [0.1, 0.15) is 22.6 Å². The molecule has 1 heterocycles. The molecular formula is C16H16N2O3. The average molecular weight is 284 g/mol. The van der Waals surface area contributed by atoms with Crippen LogP contribution in [0.3, 0.4) is 0 Å². The Labute approximate surface area is 122 Å². The van der Waals surface area contributed by atoms with Crippen molar-refractivity contribution in [2.24, 2.45) is 0 Å². The number of carbonyl (C=O) groups is 2. The van der Waals surface area contributed by atoms with Gasteiger partial charge >= 0.3 is 5.97 Å². The van der Waals surface area contributed by atoms with Crippen LogP contribution in [0.4, 0.5) is 0 Å². The summed E-state index contributed by atoms with van der Waals surface area (Å²) in [5.74, 6) is -0.488. The Hall–Kier alpha value is -2.69. The number of aryl methyl sites for hydroxylation is 1. The average Bonchev–Trinajstić information content (AvgIpc) is 2.95. The maximum absolute atomic E-state index is 12.0. The van der Waals surface area contributed by atoms with Crippen LogP contribution >= 0.6 is 0 Å². The van der Waals surface area contributed by atoms with Gasteiger partial charge in [-0.25, -0.2) is 9.78 Å². The fourth-order valence-electron chi connectivity index (χ4n) is 1.95. The van der Waals surface area contributed by atoms with Gasteiger partial charge in [-0.2, -0.15) is 0 Å². The van der Waals surface area contributed by atoms with E-state index < -0.39 is 5.97 Å². The third-order valence-corrected chi connectivity index (χ3v) is 2.97. The number of hydrogen-bond acceptors (Lipinski definition) is 4. The number of Topliss-reactive ketones (excluding diaryl/α,β-unsaturated/α-hetero) is 1. The van der Waals surface area contributed by atoms with Crippen molar-refractivity contribution in [3.05, 3.63) is 67.0 Å². The number of aromatic nitrogens is 2. The molecule has 0 atom stereocenters. The second kappa shape index (κ2) is 7.19. The molecule has 1 aromatic heterocycles. The molecule has 2 rings (SSSR count). The Morgan fingerprint density at radius 1 is 1.29 bits per heavy atom. The Balaban J connectivity index is 1.93. The van der Waals surface area contributed by atoms with Crippen molar-refractivity contribution in [1.82, 2.24) is 9.55 Å². The van der Waals surface area contributed by atoms with E-state index in [2.05, 4.69) is 16.3 Å². The molecule has 21 heavy (non-hydrogen) atoms. The lowest BCUT2D eigenvalue weighted by atomic mass is 10.1. The van der Waals surface area contributed by atoms with Crippen LogP contribution in [0, 0.1) is 0 Å². The largest absolute Gasteiger partial charge is 0.429 e. The molecular weight excluding hydrogens is 268 g/mol. The van der Waals surface area contributed by atoms with Crippen molar-refractivity contribution in [2.75, 3.05) is 0 Å². The monoisotopic (exact) mass is 284 g/mol. The number of esters is 1. The number of ether oxygens (including phenoxy) is 1. The summed E-state index contributed by atoms with van der Waals surface area (Å²) < 4.78 is 6.15. The molecule has 0 saturated heterocycles. The third kappa shape index (κ3) is 4.14. The minimum atomic E-state index is -0.620. The van der Waals surface area contributed by atoms with E-state index in [1.54, 1.807) is 6.20 Å². The van der Waals surface area contributed by atoms with Crippen molar-refractivity contribution in [1.29, 1.82) is 0 Å². The standard InChI is InChI=1S/C16H16N2O3/c1-2-21-16(20)15-17-10-11-18(15)12-14(19)9-8-13-6-4-3-5-7-13/h2-7,10-11H,1,8-9,12H2. The molecule has 0 bridgehead atoms. The van der Waals surface area contributed by atoms with Gasteiger partial charge in [-0.3, -0.25) is 4.79 Å². The molecule has 0 aliphatic carbocycles. The predicted octanol–water partition coefficient (Wildman–Crippen LogP) is 2.39. The number of hydrogen-bond donors (Lipinski definition) is 0. The SMILES string of the molecule is C=COC(=O)c1nccn1CC(=O)CCc1ccccc1. The van der Waals surface area contributed by atoms with Crippen LogP contribution in [0.2, 0.25) is 0 Å². The normalized spacial score (nSPS) is 10.1. The second-order valence-electron chi connectivity index (χ2n) is 4.47. The Bertz CT molecular complexity index is 632. The highest BCUT2D eigenvalue weighted by Crippen LogP contribution is 2.06. The summed E-state index contributed by atoms with van der Waals surface area (Å²) in [6, 6.07) is 9.79. The van der Waals surface area contributed by atoms with Gasteiger partial charge in [0.25, 0.3) is 0 Å². The van der Waals surface area contributed by atoms with E-state index in [0.717, 1.165) is 11.8 Å². The maximum Gasteiger partial charge on any atom is 0.379 e. The van der Waals surface area contributed by atoms with E-state index in [0.29, 0.717) is 12.8 Å². The molecule has 0 amide bonds. The summed E-state index contributed by atoms with van der Waals surface area (Å²) in [5.41, 5.74) is 1.11. The van der Waals surface area contributed by atoms with E-state index in [-0.39, 0.29) is 18.2 Å². The molecule has 0 aliphatic heterocycles. The van der Waals surface area contributed by atoms with Gasteiger partial charge in [0.15, 0.2) is 5.78 Å². The summed E-state index contributed by atoms with van der Waals surface area (Å²) in [6.07, 6.45) is 5.18. The lowest BCUT2D eigenvalue weighted by Crippen LogP contribution is -2.16. The fraction of sp³-hybridized carbons (Fsp3) is 0.188. The minimum Gasteiger partial charge on any atom is -0.429 e. The molecule has 108 valence electrons. The second-order valence-corrected chi connectivity index (χ2v) is 4.47. The zero-order valence-electron chi connectivity index (χ0n) is 11.6. The molecule has 0 fully saturated rings. The van der Waals surface area contributed by atoms with Crippen molar-refractivity contribution in [3.8, 4) is 0 Å². The molecule has 0 radical (unpaired) electrons. The van der Waals surface area contributed by atoms with Crippen LogP contribution in [0.5, 0.6) is 0 Å². The molecule has 5 heteroatoms. The third-order valence-electron chi connectivity index (χ3n) is 2.97. The molecule has 2 aromatic rings.